The molecule has 0 aliphatic carbocycles. The lowest BCUT2D eigenvalue weighted by Crippen LogP contribution is -2.46. The van der Waals surface area contributed by atoms with E-state index in [1.54, 1.807) is 4.90 Å². The number of carbonyl (C=O) groups excluding carboxylic acids is 2. The minimum absolute atomic E-state index is 0.0479. The molecule has 1 heterocycles. The Balaban J connectivity index is 2.42. The first-order valence-corrected chi connectivity index (χ1v) is 7.19. The van der Waals surface area contributed by atoms with Crippen molar-refractivity contribution in [3.63, 3.8) is 0 Å². The standard InChI is InChI=1S/C14H26N2O3/c1-4-13(18)16-7-5-6-11(9-16)14(19)15-8-12(17)10(2)3/h10-12,17H,4-9H2,1-3H3,(H,15,19). The van der Waals surface area contributed by atoms with Crippen LogP contribution in [0.15, 0.2) is 0 Å². The van der Waals surface area contributed by atoms with E-state index in [0.717, 1.165) is 19.4 Å². The van der Waals surface area contributed by atoms with E-state index in [9.17, 15) is 14.7 Å². The molecule has 0 aromatic carbocycles. The highest BCUT2D eigenvalue weighted by atomic mass is 16.3. The molecule has 1 fully saturated rings. The number of carbonyl (C=O) groups is 2. The lowest BCUT2D eigenvalue weighted by molar-refractivity contribution is -0.135. The molecule has 0 aromatic rings. The van der Waals surface area contributed by atoms with Crippen LogP contribution in [-0.4, -0.2) is 47.6 Å². The van der Waals surface area contributed by atoms with Crippen molar-refractivity contribution in [1.82, 2.24) is 10.2 Å². The molecule has 19 heavy (non-hydrogen) atoms. The third-order valence-corrected chi connectivity index (χ3v) is 3.70. The summed E-state index contributed by atoms with van der Waals surface area (Å²) < 4.78 is 0. The molecule has 0 bridgehead atoms. The molecule has 2 N–H and O–H groups in total. The molecular formula is C14H26N2O3. The highest BCUT2D eigenvalue weighted by Crippen LogP contribution is 2.17. The second-order valence-electron chi connectivity index (χ2n) is 5.59. The third kappa shape index (κ3) is 4.82. The number of likely N-dealkylation sites (tertiary alicyclic amines) is 1. The van der Waals surface area contributed by atoms with Crippen molar-refractivity contribution in [2.24, 2.45) is 11.8 Å². The van der Waals surface area contributed by atoms with Crippen molar-refractivity contribution in [2.45, 2.75) is 46.1 Å². The zero-order chi connectivity index (χ0) is 14.4. The van der Waals surface area contributed by atoms with E-state index in [1.165, 1.54) is 0 Å². The second-order valence-corrected chi connectivity index (χ2v) is 5.59. The SMILES string of the molecule is CCC(=O)N1CCCC(C(=O)NCC(O)C(C)C)C1. The summed E-state index contributed by atoms with van der Waals surface area (Å²) in [5.41, 5.74) is 0. The number of nitrogens with zero attached hydrogens (tertiary/aromatic N) is 1. The van der Waals surface area contributed by atoms with Gasteiger partial charge in [0.15, 0.2) is 0 Å². The first-order valence-electron chi connectivity index (χ1n) is 7.19. The van der Waals surface area contributed by atoms with Gasteiger partial charge in [-0.3, -0.25) is 9.59 Å². The first-order chi connectivity index (χ1) is 8.95. The minimum atomic E-state index is -0.513. The molecular weight excluding hydrogens is 244 g/mol. The van der Waals surface area contributed by atoms with Gasteiger partial charge in [-0.05, 0) is 18.8 Å². The van der Waals surface area contributed by atoms with Crippen LogP contribution < -0.4 is 5.32 Å². The number of nitrogens with one attached hydrogen (secondary N) is 1. The fourth-order valence-electron chi connectivity index (χ4n) is 2.23. The van der Waals surface area contributed by atoms with E-state index >= 15 is 0 Å². The molecule has 0 aromatic heterocycles. The number of amides is 2. The normalized spacial score (nSPS) is 21.3. The highest BCUT2D eigenvalue weighted by molar-refractivity contribution is 5.81. The van der Waals surface area contributed by atoms with Gasteiger partial charge in [-0.15, -0.1) is 0 Å². The maximum Gasteiger partial charge on any atom is 0.224 e. The van der Waals surface area contributed by atoms with Crippen LogP contribution in [0.2, 0.25) is 0 Å². The summed E-state index contributed by atoms with van der Waals surface area (Å²) in [4.78, 5) is 25.4. The summed E-state index contributed by atoms with van der Waals surface area (Å²) in [6.45, 7) is 7.22. The molecule has 5 heteroatoms. The molecule has 1 aliphatic heterocycles. The molecule has 2 amide bonds. The largest absolute Gasteiger partial charge is 0.391 e. The van der Waals surface area contributed by atoms with Crippen LogP contribution in [0.1, 0.15) is 40.0 Å². The smallest absolute Gasteiger partial charge is 0.224 e. The third-order valence-electron chi connectivity index (χ3n) is 3.70. The van der Waals surface area contributed by atoms with E-state index in [1.807, 2.05) is 20.8 Å². The van der Waals surface area contributed by atoms with Crippen LogP contribution in [0.4, 0.5) is 0 Å². The monoisotopic (exact) mass is 270 g/mol. The summed E-state index contributed by atoms with van der Waals surface area (Å²) in [7, 11) is 0. The van der Waals surface area contributed by atoms with Gasteiger partial charge < -0.3 is 15.3 Å². The van der Waals surface area contributed by atoms with E-state index in [0.29, 0.717) is 13.0 Å². The van der Waals surface area contributed by atoms with Gasteiger partial charge in [-0.25, -0.2) is 0 Å². The Bertz CT molecular complexity index is 318. The van der Waals surface area contributed by atoms with E-state index in [-0.39, 0.29) is 30.2 Å². The van der Waals surface area contributed by atoms with Crippen molar-refractivity contribution < 1.29 is 14.7 Å². The fraction of sp³-hybridized carbons (Fsp3) is 0.857. The fourth-order valence-corrected chi connectivity index (χ4v) is 2.23. The number of aliphatic hydroxyl groups is 1. The summed E-state index contributed by atoms with van der Waals surface area (Å²) in [5.74, 6) is 0.0569. The Morgan fingerprint density at radius 2 is 2.11 bits per heavy atom. The van der Waals surface area contributed by atoms with Crippen LogP contribution in [0, 0.1) is 11.8 Å². The zero-order valence-electron chi connectivity index (χ0n) is 12.2. The van der Waals surface area contributed by atoms with Crippen LogP contribution in [0.25, 0.3) is 0 Å². The van der Waals surface area contributed by atoms with Crippen molar-refractivity contribution in [2.75, 3.05) is 19.6 Å². The number of rotatable bonds is 5. The van der Waals surface area contributed by atoms with Gasteiger partial charge in [0, 0.05) is 26.1 Å². The lowest BCUT2D eigenvalue weighted by atomic mass is 9.96. The van der Waals surface area contributed by atoms with Gasteiger partial charge in [-0.2, -0.15) is 0 Å². The predicted octanol–water partition coefficient (Wildman–Crippen LogP) is 0.768. The number of aliphatic hydroxyl groups excluding tert-OH is 1. The molecule has 110 valence electrons. The van der Waals surface area contributed by atoms with Crippen LogP contribution in [0.5, 0.6) is 0 Å². The zero-order valence-corrected chi connectivity index (χ0v) is 12.2. The summed E-state index contributed by atoms with van der Waals surface area (Å²) in [6, 6.07) is 0. The minimum Gasteiger partial charge on any atom is -0.391 e. The van der Waals surface area contributed by atoms with Crippen molar-refractivity contribution in [3.05, 3.63) is 0 Å². The van der Waals surface area contributed by atoms with Crippen molar-refractivity contribution in [3.8, 4) is 0 Å². The molecule has 0 saturated carbocycles. The number of hydrogen-bond acceptors (Lipinski definition) is 3. The first kappa shape index (κ1) is 16.0. The highest BCUT2D eigenvalue weighted by Gasteiger charge is 2.27. The van der Waals surface area contributed by atoms with Gasteiger partial charge in [0.2, 0.25) is 11.8 Å². The molecule has 2 atom stereocenters. The average Bonchev–Trinajstić information content (AvgIpc) is 2.43. The van der Waals surface area contributed by atoms with Gasteiger partial charge in [0.05, 0.1) is 12.0 Å². The van der Waals surface area contributed by atoms with Gasteiger partial charge >= 0.3 is 0 Å². The van der Waals surface area contributed by atoms with Crippen LogP contribution >= 0.6 is 0 Å². The lowest BCUT2D eigenvalue weighted by Gasteiger charge is -2.32. The summed E-state index contributed by atoms with van der Waals surface area (Å²) >= 11 is 0. The maximum atomic E-state index is 12.0. The Morgan fingerprint density at radius 1 is 1.42 bits per heavy atom. The molecule has 0 radical (unpaired) electrons. The average molecular weight is 270 g/mol. The molecule has 0 spiro atoms. The van der Waals surface area contributed by atoms with Crippen molar-refractivity contribution >= 4 is 11.8 Å². The summed E-state index contributed by atoms with van der Waals surface area (Å²) in [5, 5.41) is 12.5. The second kappa shape index (κ2) is 7.48. The predicted molar refractivity (Wildman–Crippen MR) is 73.4 cm³/mol. The van der Waals surface area contributed by atoms with Gasteiger partial charge in [0.1, 0.15) is 0 Å². The van der Waals surface area contributed by atoms with Crippen molar-refractivity contribution in [1.29, 1.82) is 0 Å². The number of piperidine rings is 1. The molecule has 2 unspecified atom stereocenters. The maximum absolute atomic E-state index is 12.0. The van der Waals surface area contributed by atoms with Gasteiger partial charge in [-0.1, -0.05) is 20.8 Å². The molecule has 5 nitrogen and oxygen atoms in total. The summed E-state index contributed by atoms with van der Waals surface area (Å²) in [6.07, 6.45) is 1.66. The Morgan fingerprint density at radius 3 is 2.68 bits per heavy atom. The van der Waals surface area contributed by atoms with E-state index < -0.39 is 6.10 Å². The van der Waals surface area contributed by atoms with Crippen LogP contribution in [-0.2, 0) is 9.59 Å². The van der Waals surface area contributed by atoms with Crippen LogP contribution in [0.3, 0.4) is 0 Å². The van der Waals surface area contributed by atoms with E-state index in [2.05, 4.69) is 5.32 Å². The Hall–Kier alpha value is -1.10. The topological polar surface area (TPSA) is 69.6 Å². The number of hydrogen-bond donors (Lipinski definition) is 2. The molecule has 1 rings (SSSR count). The Labute approximate surface area is 115 Å². The Kier molecular flexibility index (Phi) is 6.28. The quantitative estimate of drug-likeness (QED) is 0.775. The molecule has 1 saturated heterocycles. The van der Waals surface area contributed by atoms with E-state index in [4.69, 9.17) is 0 Å². The molecule has 1 aliphatic rings. The van der Waals surface area contributed by atoms with Gasteiger partial charge in [0.25, 0.3) is 0 Å².